The maximum atomic E-state index is 11.8. The Morgan fingerprint density at radius 3 is 2.61 bits per heavy atom. The molecule has 0 saturated carbocycles. The van der Waals surface area contributed by atoms with Crippen molar-refractivity contribution in [3.63, 3.8) is 0 Å². The first-order chi connectivity index (χ1) is 8.31. The number of aryl methyl sites for hydroxylation is 2. The highest BCUT2D eigenvalue weighted by atomic mass is 32.2. The lowest BCUT2D eigenvalue weighted by atomic mass is 10.3. The van der Waals surface area contributed by atoms with Crippen LogP contribution in [0.15, 0.2) is 11.2 Å². The van der Waals surface area contributed by atoms with Crippen LogP contribution >= 0.6 is 0 Å². The summed E-state index contributed by atoms with van der Waals surface area (Å²) in [5.41, 5.74) is 0. The molecule has 9 heteroatoms. The summed E-state index contributed by atoms with van der Waals surface area (Å²) in [6.45, 7) is 3.19. The minimum atomic E-state index is -4.05. The number of hydrogen-bond acceptors (Lipinski definition) is 5. The molecular formula is C9H15N3O5S. The van der Waals surface area contributed by atoms with Gasteiger partial charge in [0.05, 0.1) is 6.61 Å². The second-order valence-electron chi connectivity index (χ2n) is 3.61. The zero-order chi connectivity index (χ0) is 13.9. The summed E-state index contributed by atoms with van der Waals surface area (Å²) in [6, 6.07) is -1.58. The molecule has 0 saturated heterocycles. The van der Waals surface area contributed by atoms with E-state index >= 15 is 0 Å². The molecule has 0 unspecified atom stereocenters. The van der Waals surface area contributed by atoms with E-state index in [0.717, 1.165) is 0 Å². The van der Waals surface area contributed by atoms with Gasteiger partial charge in [0.25, 0.3) is 10.0 Å². The molecule has 1 aromatic heterocycles. The molecule has 1 heterocycles. The molecule has 0 aromatic carbocycles. The van der Waals surface area contributed by atoms with Gasteiger partial charge in [0.2, 0.25) is 0 Å². The predicted molar refractivity (Wildman–Crippen MR) is 61.5 cm³/mol. The zero-order valence-corrected chi connectivity index (χ0v) is 10.8. The number of aliphatic hydroxyl groups is 1. The molecule has 18 heavy (non-hydrogen) atoms. The van der Waals surface area contributed by atoms with Crippen LogP contribution in [0, 0.1) is 6.92 Å². The van der Waals surface area contributed by atoms with Gasteiger partial charge in [-0.3, -0.25) is 4.79 Å². The van der Waals surface area contributed by atoms with Crippen molar-refractivity contribution >= 4 is 16.0 Å². The third-order valence-electron chi connectivity index (χ3n) is 2.35. The molecule has 1 atom stereocenters. The van der Waals surface area contributed by atoms with Crippen LogP contribution in [-0.4, -0.2) is 46.8 Å². The first-order valence-electron chi connectivity index (χ1n) is 5.21. The van der Waals surface area contributed by atoms with E-state index in [2.05, 4.69) is 4.98 Å². The fourth-order valence-corrected chi connectivity index (χ4v) is 2.53. The van der Waals surface area contributed by atoms with E-state index < -0.39 is 28.6 Å². The van der Waals surface area contributed by atoms with E-state index in [1.165, 1.54) is 6.20 Å². The Morgan fingerprint density at radius 1 is 1.61 bits per heavy atom. The van der Waals surface area contributed by atoms with Crippen LogP contribution in [0.3, 0.4) is 0 Å². The Labute approximate surface area is 104 Å². The highest BCUT2D eigenvalue weighted by Gasteiger charge is 2.26. The zero-order valence-electron chi connectivity index (χ0n) is 9.99. The fraction of sp³-hybridized carbons (Fsp3) is 0.556. The molecule has 0 aliphatic carbocycles. The molecule has 1 rings (SSSR count). The summed E-state index contributed by atoms with van der Waals surface area (Å²) >= 11 is 0. The lowest BCUT2D eigenvalue weighted by Crippen LogP contribution is -2.43. The summed E-state index contributed by atoms with van der Waals surface area (Å²) in [4.78, 5) is 14.5. The van der Waals surface area contributed by atoms with Crippen molar-refractivity contribution in [2.75, 3.05) is 6.61 Å². The SMILES string of the molecule is CCn1cc(S(=O)(=O)N[C@H](CO)C(=O)O)nc1C. The van der Waals surface area contributed by atoms with Gasteiger partial charge < -0.3 is 14.8 Å². The topological polar surface area (TPSA) is 122 Å². The van der Waals surface area contributed by atoms with Crippen LogP contribution in [0.2, 0.25) is 0 Å². The largest absolute Gasteiger partial charge is 0.480 e. The Kier molecular flexibility index (Phi) is 4.43. The Morgan fingerprint density at radius 2 is 2.22 bits per heavy atom. The van der Waals surface area contributed by atoms with Crippen molar-refractivity contribution in [2.24, 2.45) is 0 Å². The lowest BCUT2D eigenvalue weighted by molar-refractivity contribution is -0.139. The van der Waals surface area contributed by atoms with E-state index in [0.29, 0.717) is 12.4 Å². The predicted octanol–water partition coefficient (Wildman–Crippen LogP) is -1.06. The smallest absolute Gasteiger partial charge is 0.324 e. The van der Waals surface area contributed by atoms with E-state index in [9.17, 15) is 13.2 Å². The number of aliphatic hydroxyl groups excluding tert-OH is 1. The summed E-state index contributed by atoms with van der Waals surface area (Å²) < 4.78 is 27.1. The molecular weight excluding hydrogens is 262 g/mol. The fourth-order valence-electron chi connectivity index (χ4n) is 1.34. The van der Waals surface area contributed by atoms with Crippen LogP contribution in [0.25, 0.3) is 0 Å². The van der Waals surface area contributed by atoms with Gasteiger partial charge in [-0.05, 0) is 13.8 Å². The van der Waals surface area contributed by atoms with Gasteiger partial charge in [-0.15, -0.1) is 0 Å². The van der Waals surface area contributed by atoms with Crippen molar-refractivity contribution in [1.29, 1.82) is 0 Å². The number of sulfonamides is 1. The van der Waals surface area contributed by atoms with Gasteiger partial charge >= 0.3 is 5.97 Å². The van der Waals surface area contributed by atoms with Crippen molar-refractivity contribution < 1.29 is 23.4 Å². The van der Waals surface area contributed by atoms with Gasteiger partial charge in [0.15, 0.2) is 5.03 Å². The number of carboxylic acid groups (broad SMARTS) is 1. The van der Waals surface area contributed by atoms with Crippen LogP contribution in [-0.2, 0) is 21.4 Å². The number of nitrogens with one attached hydrogen (secondary N) is 1. The number of nitrogens with zero attached hydrogens (tertiary/aromatic N) is 2. The molecule has 0 bridgehead atoms. The van der Waals surface area contributed by atoms with E-state index in [4.69, 9.17) is 10.2 Å². The van der Waals surface area contributed by atoms with Crippen molar-refractivity contribution in [3.8, 4) is 0 Å². The highest BCUT2D eigenvalue weighted by Crippen LogP contribution is 2.09. The number of aromatic nitrogens is 2. The lowest BCUT2D eigenvalue weighted by Gasteiger charge is -2.10. The van der Waals surface area contributed by atoms with Gasteiger partial charge in [-0.1, -0.05) is 0 Å². The summed E-state index contributed by atoms with van der Waals surface area (Å²) in [5.74, 6) is -0.943. The van der Waals surface area contributed by atoms with Crippen molar-refractivity contribution in [2.45, 2.75) is 31.5 Å². The molecule has 8 nitrogen and oxygen atoms in total. The molecule has 3 N–H and O–H groups in total. The number of aliphatic carboxylic acids is 1. The normalized spacial score (nSPS) is 13.5. The van der Waals surface area contributed by atoms with Gasteiger partial charge in [-0.2, -0.15) is 4.72 Å². The average molecular weight is 277 g/mol. The second-order valence-corrected chi connectivity index (χ2v) is 5.27. The molecule has 0 aliphatic rings. The Bertz CT molecular complexity index is 536. The molecule has 0 fully saturated rings. The first-order valence-corrected chi connectivity index (χ1v) is 6.70. The molecule has 0 amide bonds. The Balaban J connectivity index is 3.02. The maximum absolute atomic E-state index is 11.8. The van der Waals surface area contributed by atoms with Crippen LogP contribution in [0.1, 0.15) is 12.7 Å². The minimum Gasteiger partial charge on any atom is -0.480 e. The third-order valence-corrected chi connectivity index (χ3v) is 3.69. The standard InChI is InChI=1S/C9H15N3O5S/c1-3-12-4-8(10-6(12)2)18(16,17)11-7(5-13)9(14)15/h4,7,11,13H,3,5H2,1-2H3,(H,14,15)/t7-/m1/s1. The summed E-state index contributed by atoms with van der Waals surface area (Å²) in [5, 5.41) is 17.2. The van der Waals surface area contributed by atoms with Gasteiger partial charge in [-0.25, -0.2) is 13.4 Å². The monoisotopic (exact) mass is 277 g/mol. The number of carbonyl (C=O) groups is 1. The molecule has 1 aromatic rings. The van der Waals surface area contributed by atoms with Crippen molar-refractivity contribution in [3.05, 3.63) is 12.0 Å². The van der Waals surface area contributed by atoms with E-state index in [1.807, 2.05) is 11.6 Å². The average Bonchev–Trinajstić information content (AvgIpc) is 2.68. The number of carboxylic acids is 1. The van der Waals surface area contributed by atoms with E-state index in [-0.39, 0.29) is 5.03 Å². The molecule has 0 aliphatic heterocycles. The number of imidazole rings is 1. The summed E-state index contributed by atoms with van der Waals surface area (Å²) in [7, 11) is -4.05. The Hall–Kier alpha value is -1.45. The number of rotatable bonds is 6. The number of hydrogen-bond donors (Lipinski definition) is 3. The van der Waals surface area contributed by atoms with E-state index in [1.54, 1.807) is 11.5 Å². The van der Waals surface area contributed by atoms with Crippen LogP contribution in [0.4, 0.5) is 0 Å². The highest BCUT2D eigenvalue weighted by molar-refractivity contribution is 7.89. The maximum Gasteiger partial charge on any atom is 0.324 e. The molecule has 0 radical (unpaired) electrons. The van der Waals surface area contributed by atoms with Crippen LogP contribution < -0.4 is 4.72 Å². The van der Waals surface area contributed by atoms with Crippen molar-refractivity contribution in [1.82, 2.24) is 14.3 Å². The molecule has 0 spiro atoms. The van der Waals surface area contributed by atoms with Gasteiger partial charge in [0.1, 0.15) is 11.9 Å². The molecule has 102 valence electrons. The quantitative estimate of drug-likeness (QED) is 0.609. The van der Waals surface area contributed by atoms with Crippen LogP contribution in [0.5, 0.6) is 0 Å². The van der Waals surface area contributed by atoms with Gasteiger partial charge in [0, 0.05) is 12.7 Å². The first kappa shape index (κ1) is 14.6. The third kappa shape index (κ3) is 3.06. The minimum absolute atomic E-state index is 0.262. The summed E-state index contributed by atoms with van der Waals surface area (Å²) in [6.07, 6.45) is 1.31. The second kappa shape index (κ2) is 5.46.